The zero-order valence-electron chi connectivity index (χ0n) is 8.33. The van der Waals surface area contributed by atoms with Crippen LogP contribution in [0.15, 0.2) is 33.8 Å². The first-order valence-electron chi connectivity index (χ1n) is 4.51. The zero-order chi connectivity index (χ0) is 11.3. The topological polar surface area (TPSA) is 50.4 Å². The second-order valence-electron chi connectivity index (χ2n) is 2.90. The van der Waals surface area contributed by atoms with Crippen LogP contribution in [0.2, 0.25) is 0 Å². The molecule has 0 saturated heterocycles. The van der Waals surface area contributed by atoms with E-state index < -0.39 is 0 Å². The van der Waals surface area contributed by atoms with Crippen molar-refractivity contribution in [1.82, 2.24) is 5.43 Å². The predicted molar refractivity (Wildman–Crippen MR) is 70.9 cm³/mol. The minimum absolute atomic E-state index is 0.177. The summed E-state index contributed by atoms with van der Waals surface area (Å²) in [4.78, 5) is 0. The minimum atomic E-state index is 0.177. The first kappa shape index (κ1) is 12.1. The van der Waals surface area contributed by atoms with Gasteiger partial charge < -0.3 is 5.73 Å². The van der Waals surface area contributed by atoms with E-state index in [1.54, 1.807) is 0 Å². The number of thiocarbonyl (C=S) groups is 1. The van der Waals surface area contributed by atoms with Gasteiger partial charge in [0.25, 0.3) is 0 Å². The maximum absolute atomic E-state index is 5.31. The lowest BCUT2D eigenvalue weighted by atomic mass is 10.1. The number of hydrogen-bond donors (Lipinski definition) is 2. The smallest absolute Gasteiger partial charge is 0.184 e. The van der Waals surface area contributed by atoms with Crippen LogP contribution in [0, 0.1) is 0 Å². The quantitative estimate of drug-likeness (QED) is 0.509. The molecule has 0 atom stereocenters. The van der Waals surface area contributed by atoms with Gasteiger partial charge in [-0.05, 0) is 36.3 Å². The van der Waals surface area contributed by atoms with E-state index in [0.717, 1.165) is 22.2 Å². The van der Waals surface area contributed by atoms with Crippen LogP contribution in [0.5, 0.6) is 0 Å². The molecule has 0 fully saturated rings. The molecule has 0 saturated carbocycles. The molecule has 1 aromatic rings. The van der Waals surface area contributed by atoms with Crippen LogP contribution >= 0.6 is 28.1 Å². The fourth-order valence-electron chi connectivity index (χ4n) is 1.14. The third-order valence-electron chi connectivity index (χ3n) is 1.79. The van der Waals surface area contributed by atoms with Crippen LogP contribution in [0.1, 0.15) is 18.9 Å². The molecule has 3 nitrogen and oxygen atoms in total. The molecule has 15 heavy (non-hydrogen) atoms. The van der Waals surface area contributed by atoms with Gasteiger partial charge >= 0.3 is 0 Å². The van der Waals surface area contributed by atoms with Crippen molar-refractivity contribution < 1.29 is 0 Å². The molecule has 0 aliphatic carbocycles. The number of halogens is 1. The van der Waals surface area contributed by atoms with Gasteiger partial charge in [-0.1, -0.05) is 35.0 Å². The van der Waals surface area contributed by atoms with E-state index in [9.17, 15) is 0 Å². The second-order valence-corrected chi connectivity index (χ2v) is 4.25. The summed E-state index contributed by atoms with van der Waals surface area (Å²) in [6, 6.07) is 7.93. The van der Waals surface area contributed by atoms with Gasteiger partial charge in [0.1, 0.15) is 0 Å². The van der Waals surface area contributed by atoms with E-state index in [-0.39, 0.29) is 5.11 Å². The molecule has 0 aliphatic heterocycles. The minimum Gasteiger partial charge on any atom is -0.375 e. The van der Waals surface area contributed by atoms with Crippen LogP contribution in [-0.2, 0) is 0 Å². The third-order valence-corrected chi connectivity index (χ3v) is 2.38. The number of hydrazone groups is 1. The highest BCUT2D eigenvalue weighted by Crippen LogP contribution is 2.13. The molecule has 5 heteroatoms. The van der Waals surface area contributed by atoms with Gasteiger partial charge in [0.05, 0.1) is 5.71 Å². The molecule has 0 bridgehead atoms. The Balaban J connectivity index is 2.92. The molecule has 80 valence electrons. The zero-order valence-corrected chi connectivity index (χ0v) is 10.7. The maximum Gasteiger partial charge on any atom is 0.184 e. The van der Waals surface area contributed by atoms with Gasteiger partial charge in [-0.3, -0.25) is 5.43 Å². The third kappa shape index (κ3) is 3.97. The predicted octanol–water partition coefficient (Wildman–Crippen LogP) is 2.40. The van der Waals surface area contributed by atoms with Gasteiger partial charge in [0, 0.05) is 4.47 Å². The Hall–Kier alpha value is -0.940. The highest BCUT2D eigenvalue weighted by molar-refractivity contribution is 9.10. The SMILES string of the molecule is CCC(=NNC(N)=S)c1cccc(Br)c1. The lowest BCUT2D eigenvalue weighted by molar-refractivity contribution is 1.01. The Morgan fingerprint density at radius 3 is 2.87 bits per heavy atom. The average molecular weight is 286 g/mol. The van der Waals surface area contributed by atoms with E-state index in [2.05, 4.69) is 38.7 Å². The lowest BCUT2D eigenvalue weighted by Gasteiger charge is -2.05. The molecule has 0 aromatic heterocycles. The molecule has 0 spiro atoms. The Kier molecular flexibility index (Phi) is 4.71. The monoisotopic (exact) mass is 285 g/mol. The van der Waals surface area contributed by atoms with E-state index >= 15 is 0 Å². The lowest BCUT2D eigenvalue weighted by Crippen LogP contribution is -2.25. The Bertz CT molecular complexity index is 390. The van der Waals surface area contributed by atoms with Crippen LogP contribution in [0.25, 0.3) is 0 Å². The molecule has 0 unspecified atom stereocenters. The van der Waals surface area contributed by atoms with Crippen molar-refractivity contribution in [2.45, 2.75) is 13.3 Å². The summed E-state index contributed by atoms with van der Waals surface area (Å²) in [5.41, 5.74) is 9.88. The summed E-state index contributed by atoms with van der Waals surface area (Å²) in [6.45, 7) is 2.03. The fourth-order valence-corrected chi connectivity index (χ4v) is 1.58. The molecule has 0 amide bonds. The largest absolute Gasteiger partial charge is 0.375 e. The second kappa shape index (κ2) is 5.82. The first-order valence-corrected chi connectivity index (χ1v) is 5.71. The highest BCUT2D eigenvalue weighted by Gasteiger charge is 2.01. The summed E-state index contributed by atoms with van der Waals surface area (Å²) < 4.78 is 1.02. The normalized spacial score (nSPS) is 11.2. The van der Waals surface area contributed by atoms with Gasteiger partial charge in [-0.15, -0.1) is 0 Å². The molecule has 1 rings (SSSR count). The van der Waals surface area contributed by atoms with Gasteiger partial charge in [0.15, 0.2) is 5.11 Å². The van der Waals surface area contributed by atoms with Crippen molar-refractivity contribution in [2.24, 2.45) is 10.8 Å². The summed E-state index contributed by atoms with van der Waals surface area (Å²) >= 11 is 8.10. The first-order chi connectivity index (χ1) is 7.13. The number of nitrogens with two attached hydrogens (primary N) is 1. The van der Waals surface area contributed by atoms with Gasteiger partial charge in [-0.2, -0.15) is 5.10 Å². The summed E-state index contributed by atoms with van der Waals surface area (Å²) in [7, 11) is 0. The standard InChI is InChI=1S/C10H12BrN3S/c1-2-9(13-14-10(12)15)7-4-3-5-8(11)6-7/h3-6H,2H2,1H3,(H3,12,14,15). The van der Waals surface area contributed by atoms with Crippen molar-refractivity contribution in [3.05, 3.63) is 34.3 Å². The Morgan fingerprint density at radius 2 is 2.33 bits per heavy atom. The van der Waals surface area contributed by atoms with E-state index in [1.165, 1.54) is 0 Å². The number of nitrogens with zero attached hydrogens (tertiary/aromatic N) is 1. The van der Waals surface area contributed by atoms with E-state index in [0.29, 0.717) is 0 Å². The van der Waals surface area contributed by atoms with E-state index in [1.807, 2.05) is 31.2 Å². The molecular formula is C10H12BrN3S. The van der Waals surface area contributed by atoms with Crippen molar-refractivity contribution in [3.63, 3.8) is 0 Å². The van der Waals surface area contributed by atoms with Gasteiger partial charge in [0.2, 0.25) is 0 Å². The highest BCUT2D eigenvalue weighted by atomic mass is 79.9. The van der Waals surface area contributed by atoms with Crippen molar-refractivity contribution in [2.75, 3.05) is 0 Å². The Morgan fingerprint density at radius 1 is 1.60 bits per heavy atom. The summed E-state index contributed by atoms with van der Waals surface area (Å²) in [5.74, 6) is 0. The van der Waals surface area contributed by atoms with Crippen LogP contribution in [0.4, 0.5) is 0 Å². The van der Waals surface area contributed by atoms with Crippen LogP contribution in [-0.4, -0.2) is 10.8 Å². The van der Waals surface area contributed by atoms with Gasteiger partial charge in [-0.25, -0.2) is 0 Å². The molecule has 0 heterocycles. The number of nitrogens with one attached hydrogen (secondary N) is 1. The van der Waals surface area contributed by atoms with Crippen molar-refractivity contribution in [3.8, 4) is 0 Å². The van der Waals surface area contributed by atoms with Crippen molar-refractivity contribution in [1.29, 1.82) is 0 Å². The molecule has 0 aliphatic rings. The van der Waals surface area contributed by atoms with E-state index in [4.69, 9.17) is 5.73 Å². The molecular weight excluding hydrogens is 274 g/mol. The summed E-state index contributed by atoms with van der Waals surface area (Å²) in [5, 5.41) is 4.31. The summed E-state index contributed by atoms with van der Waals surface area (Å²) in [6.07, 6.45) is 0.812. The number of rotatable bonds is 3. The molecule has 0 radical (unpaired) electrons. The van der Waals surface area contributed by atoms with Crippen molar-refractivity contribution >= 4 is 39.0 Å². The Labute approximate surface area is 103 Å². The fraction of sp³-hybridized carbons (Fsp3) is 0.200. The molecule has 3 N–H and O–H groups in total. The van der Waals surface area contributed by atoms with Crippen LogP contribution in [0.3, 0.4) is 0 Å². The van der Waals surface area contributed by atoms with Crippen LogP contribution < -0.4 is 11.2 Å². The number of benzene rings is 1. The molecule has 1 aromatic carbocycles. The average Bonchev–Trinajstić information content (AvgIpc) is 2.18. The maximum atomic E-state index is 5.31. The number of hydrogen-bond acceptors (Lipinski definition) is 2.